The van der Waals surface area contributed by atoms with Gasteiger partial charge in [0.25, 0.3) is 0 Å². The summed E-state index contributed by atoms with van der Waals surface area (Å²) in [5.41, 5.74) is 1.44. The van der Waals surface area contributed by atoms with Crippen LogP contribution in [0.4, 0.5) is 5.69 Å². The van der Waals surface area contributed by atoms with Gasteiger partial charge in [0.1, 0.15) is 15.6 Å². The Kier molecular flexibility index (Phi) is 5.20. The lowest BCUT2D eigenvalue weighted by atomic mass is 10.1. The standard InChI is InChI=1S/C13H21NO4S/c1-10(15)13-11(6-5-7-12(13)18-3)14(2)8-9-19(4,16)17/h5-7,10,15H,8-9H2,1-4H3/t10-/m0/s1. The number of ether oxygens (including phenoxy) is 1. The van der Waals surface area contributed by atoms with Crippen molar-refractivity contribution in [2.45, 2.75) is 13.0 Å². The van der Waals surface area contributed by atoms with Crippen LogP contribution in [0.25, 0.3) is 0 Å². The summed E-state index contributed by atoms with van der Waals surface area (Å²) in [5.74, 6) is 0.665. The highest BCUT2D eigenvalue weighted by Gasteiger charge is 2.17. The molecule has 5 nitrogen and oxygen atoms in total. The molecule has 0 aliphatic carbocycles. The Labute approximate surface area is 114 Å². The Hall–Kier alpha value is -1.27. The molecule has 1 aromatic rings. The minimum absolute atomic E-state index is 0.0694. The fourth-order valence-corrected chi connectivity index (χ4v) is 2.49. The lowest BCUT2D eigenvalue weighted by molar-refractivity contribution is 0.194. The van der Waals surface area contributed by atoms with Gasteiger partial charge in [-0.1, -0.05) is 6.07 Å². The Bertz CT molecular complexity index is 525. The maximum atomic E-state index is 11.2. The van der Waals surface area contributed by atoms with E-state index in [0.717, 1.165) is 5.69 Å². The average molecular weight is 287 g/mol. The molecule has 0 fully saturated rings. The molecule has 0 unspecified atom stereocenters. The molecule has 1 rings (SSSR count). The average Bonchev–Trinajstić information content (AvgIpc) is 2.33. The van der Waals surface area contributed by atoms with Crippen LogP contribution in [-0.2, 0) is 9.84 Å². The first-order chi connectivity index (χ1) is 8.76. The number of aliphatic hydroxyl groups is 1. The molecule has 0 radical (unpaired) electrons. The highest BCUT2D eigenvalue weighted by Crippen LogP contribution is 2.33. The summed E-state index contributed by atoms with van der Waals surface area (Å²) < 4.78 is 27.7. The van der Waals surface area contributed by atoms with E-state index in [1.165, 1.54) is 6.26 Å². The van der Waals surface area contributed by atoms with Gasteiger partial charge in [-0.2, -0.15) is 0 Å². The molecular weight excluding hydrogens is 266 g/mol. The number of anilines is 1. The van der Waals surface area contributed by atoms with Crippen LogP contribution < -0.4 is 9.64 Å². The third-order valence-electron chi connectivity index (χ3n) is 2.89. The van der Waals surface area contributed by atoms with Gasteiger partial charge in [-0.3, -0.25) is 0 Å². The van der Waals surface area contributed by atoms with Crippen LogP contribution in [-0.4, -0.2) is 46.2 Å². The van der Waals surface area contributed by atoms with E-state index in [2.05, 4.69) is 0 Å². The van der Waals surface area contributed by atoms with Crippen molar-refractivity contribution in [3.63, 3.8) is 0 Å². The predicted molar refractivity (Wildman–Crippen MR) is 76.6 cm³/mol. The van der Waals surface area contributed by atoms with Crippen molar-refractivity contribution in [2.24, 2.45) is 0 Å². The highest BCUT2D eigenvalue weighted by molar-refractivity contribution is 7.90. The van der Waals surface area contributed by atoms with Gasteiger partial charge in [0.15, 0.2) is 0 Å². The van der Waals surface area contributed by atoms with Gasteiger partial charge < -0.3 is 14.7 Å². The van der Waals surface area contributed by atoms with E-state index >= 15 is 0 Å². The molecule has 0 bridgehead atoms. The number of sulfone groups is 1. The predicted octanol–water partition coefficient (Wildman–Crippen LogP) is 1.23. The second kappa shape index (κ2) is 6.25. The van der Waals surface area contributed by atoms with E-state index in [1.807, 2.05) is 17.0 Å². The molecule has 19 heavy (non-hydrogen) atoms. The number of benzene rings is 1. The van der Waals surface area contributed by atoms with E-state index in [1.54, 1.807) is 27.1 Å². The number of hydrogen-bond acceptors (Lipinski definition) is 5. The molecule has 1 atom stereocenters. The van der Waals surface area contributed by atoms with Crippen molar-refractivity contribution in [1.29, 1.82) is 0 Å². The molecule has 0 spiro atoms. The topological polar surface area (TPSA) is 66.8 Å². The van der Waals surface area contributed by atoms with Crippen LogP contribution in [0.3, 0.4) is 0 Å². The van der Waals surface area contributed by atoms with Gasteiger partial charge in [-0.15, -0.1) is 0 Å². The van der Waals surface area contributed by atoms with E-state index in [9.17, 15) is 13.5 Å². The summed E-state index contributed by atoms with van der Waals surface area (Å²) in [4.78, 5) is 1.81. The molecule has 0 heterocycles. The third-order valence-corrected chi connectivity index (χ3v) is 3.81. The largest absolute Gasteiger partial charge is 0.496 e. The molecule has 0 aliphatic rings. The summed E-state index contributed by atoms with van der Waals surface area (Å²) in [6.07, 6.45) is 0.522. The molecule has 0 aliphatic heterocycles. The van der Waals surface area contributed by atoms with Crippen molar-refractivity contribution >= 4 is 15.5 Å². The second-order valence-electron chi connectivity index (χ2n) is 4.62. The highest BCUT2D eigenvalue weighted by atomic mass is 32.2. The van der Waals surface area contributed by atoms with Gasteiger partial charge >= 0.3 is 0 Å². The van der Waals surface area contributed by atoms with Gasteiger partial charge in [0.2, 0.25) is 0 Å². The zero-order valence-corrected chi connectivity index (χ0v) is 12.6. The number of rotatable bonds is 6. The number of nitrogens with zero attached hydrogens (tertiary/aromatic N) is 1. The van der Waals surface area contributed by atoms with E-state index in [-0.39, 0.29) is 5.75 Å². The van der Waals surface area contributed by atoms with Crippen LogP contribution in [0.15, 0.2) is 18.2 Å². The van der Waals surface area contributed by atoms with E-state index < -0.39 is 15.9 Å². The maximum Gasteiger partial charge on any atom is 0.149 e. The normalized spacial score (nSPS) is 13.1. The summed E-state index contributed by atoms with van der Waals surface area (Å²) in [5, 5.41) is 9.87. The quantitative estimate of drug-likeness (QED) is 0.852. The molecule has 6 heteroatoms. The SMILES string of the molecule is COc1cccc(N(C)CCS(C)(=O)=O)c1[C@H](C)O. The first-order valence-corrected chi connectivity index (χ1v) is 8.06. The molecule has 1 aromatic carbocycles. The molecule has 0 amide bonds. The lowest BCUT2D eigenvalue weighted by Gasteiger charge is -2.24. The van der Waals surface area contributed by atoms with Crippen molar-refractivity contribution in [2.75, 3.05) is 37.6 Å². The summed E-state index contributed by atoms with van der Waals surface area (Å²) in [6, 6.07) is 5.43. The van der Waals surface area contributed by atoms with E-state index in [4.69, 9.17) is 4.74 Å². The second-order valence-corrected chi connectivity index (χ2v) is 6.88. The van der Waals surface area contributed by atoms with Gasteiger partial charge in [0.05, 0.1) is 19.0 Å². The zero-order chi connectivity index (χ0) is 14.6. The van der Waals surface area contributed by atoms with Crippen LogP contribution in [0.5, 0.6) is 5.75 Å². The third kappa shape index (κ3) is 4.40. The Balaban J connectivity index is 3.05. The minimum Gasteiger partial charge on any atom is -0.496 e. The first kappa shape index (κ1) is 15.8. The molecular formula is C13H21NO4S. The molecule has 0 aromatic heterocycles. The molecule has 1 N–H and O–H groups in total. The maximum absolute atomic E-state index is 11.2. The van der Waals surface area contributed by atoms with Crippen LogP contribution in [0, 0.1) is 0 Å². The van der Waals surface area contributed by atoms with Crippen molar-refractivity contribution in [1.82, 2.24) is 0 Å². The van der Waals surface area contributed by atoms with Gasteiger partial charge in [-0.25, -0.2) is 8.42 Å². The number of aliphatic hydroxyl groups excluding tert-OH is 1. The Morgan fingerprint density at radius 3 is 2.53 bits per heavy atom. The monoisotopic (exact) mass is 287 g/mol. The molecule has 0 saturated carbocycles. The van der Waals surface area contributed by atoms with Crippen molar-refractivity contribution in [3.05, 3.63) is 23.8 Å². The Morgan fingerprint density at radius 2 is 2.05 bits per heavy atom. The van der Waals surface area contributed by atoms with Gasteiger partial charge in [0, 0.05) is 31.1 Å². The lowest BCUT2D eigenvalue weighted by Crippen LogP contribution is -2.26. The van der Waals surface area contributed by atoms with Crippen molar-refractivity contribution < 1.29 is 18.3 Å². The van der Waals surface area contributed by atoms with E-state index in [0.29, 0.717) is 17.9 Å². The summed E-state index contributed by atoms with van der Waals surface area (Å²) >= 11 is 0. The number of methoxy groups -OCH3 is 1. The van der Waals surface area contributed by atoms with Crippen LogP contribution in [0.1, 0.15) is 18.6 Å². The smallest absolute Gasteiger partial charge is 0.149 e. The fourth-order valence-electron chi connectivity index (χ4n) is 1.89. The zero-order valence-electron chi connectivity index (χ0n) is 11.8. The van der Waals surface area contributed by atoms with Crippen molar-refractivity contribution in [3.8, 4) is 5.75 Å². The molecule has 108 valence electrons. The van der Waals surface area contributed by atoms with Gasteiger partial charge in [-0.05, 0) is 19.1 Å². The summed E-state index contributed by atoms with van der Waals surface area (Å²) in [7, 11) is 0.329. The fraction of sp³-hybridized carbons (Fsp3) is 0.538. The van der Waals surface area contributed by atoms with Crippen LogP contribution >= 0.6 is 0 Å². The Morgan fingerprint density at radius 1 is 1.42 bits per heavy atom. The first-order valence-electron chi connectivity index (χ1n) is 6.00. The summed E-state index contributed by atoms with van der Waals surface area (Å²) in [6.45, 7) is 2.03. The minimum atomic E-state index is -3.01. The molecule has 0 saturated heterocycles. The number of hydrogen-bond donors (Lipinski definition) is 1. The van der Waals surface area contributed by atoms with Crippen LogP contribution in [0.2, 0.25) is 0 Å².